The molecule has 0 atom stereocenters. The number of furan rings is 1. The van der Waals surface area contributed by atoms with Gasteiger partial charge in [0.2, 0.25) is 0 Å². The van der Waals surface area contributed by atoms with Gasteiger partial charge in [-0.1, -0.05) is 32.0 Å². The average molecular weight is 261 g/mol. The van der Waals surface area contributed by atoms with Gasteiger partial charge in [-0.05, 0) is 25.0 Å². The van der Waals surface area contributed by atoms with Gasteiger partial charge < -0.3 is 14.8 Å². The Hall–Kier alpha value is -1.81. The van der Waals surface area contributed by atoms with Crippen LogP contribution in [0.3, 0.4) is 0 Å². The molecule has 2 aromatic rings. The zero-order chi connectivity index (χ0) is 13.9. The summed E-state index contributed by atoms with van der Waals surface area (Å²) in [6.07, 6.45) is 1.20. The van der Waals surface area contributed by atoms with Crippen LogP contribution in [0.15, 0.2) is 34.7 Å². The van der Waals surface area contributed by atoms with E-state index in [1.54, 1.807) is 6.07 Å². The maximum absolute atomic E-state index is 12.0. The van der Waals surface area contributed by atoms with Crippen LogP contribution >= 0.6 is 0 Å². The Morgan fingerprint density at radius 3 is 2.63 bits per heavy atom. The molecule has 0 spiro atoms. The van der Waals surface area contributed by atoms with Crippen LogP contribution in [-0.2, 0) is 0 Å². The summed E-state index contributed by atoms with van der Waals surface area (Å²) in [5.41, 5.74) is -0.157. The van der Waals surface area contributed by atoms with E-state index in [9.17, 15) is 9.90 Å². The highest BCUT2D eigenvalue weighted by Gasteiger charge is 2.23. The molecule has 4 nitrogen and oxygen atoms in total. The summed E-state index contributed by atoms with van der Waals surface area (Å²) in [5.74, 6) is -0.0210. The zero-order valence-electron chi connectivity index (χ0n) is 11.3. The Balaban J connectivity index is 2.08. The molecule has 0 aliphatic rings. The predicted octanol–water partition coefficient (Wildman–Crippen LogP) is 2.71. The number of carbonyl (C=O) groups excluding carboxylic acids is 1. The van der Waals surface area contributed by atoms with Crippen LogP contribution in [0.4, 0.5) is 0 Å². The van der Waals surface area contributed by atoms with Gasteiger partial charge in [-0.15, -0.1) is 0 Å². The number of amides is 1. The van der Waals surface area contributed by atoms with E-state index in [2.05, 4.69) is 5.32 Å². The molecule has 19 heavy (non-hydrogen) atoms. The minimum absolute atomic E-state index is 0.232. The van der Waals surface area contributed by atoms with Gasteiger partial charge in [0.1, 0.15) is 5.58 Å². The van der Waals surface area contributed by atoms with Gasteiger partial charge in [0.15, 0.2) is 5.76 Å². The number of aliphatic hydroxyl groups is 1. The topological polar surface area (TPSA) is 62.5 Å². The summed E-state index contributed by atoms with van der Waals surface area (Å²) in [6, 6.07) is 9.18. The van der Waals surface area contributed by atoms with Crippen LogP contribution in [-0.4, -0.2) is 23.2 Å². The normalized spacial score (nSPS) is 11.7. The van der Waals surface area contributed by atoms with Gasteiger partial charge in [-0.25, -0.2) is 0 Å². The summed E-state index contributed by atoms with van der Waals surface area (Å²) in [5, 5.41) is 13.7. The number of fused-ring (bicyclic) bond motifs is 1. The molecular formula is C15H19NO3. The minimum atomic E-state index is -0.846. The van der Waals surface area contributed by atoms with Crippen molar-refractivity contribution in [3.63, 3.8) is 0 Å². The molecule has 0 saturated heterocycles. The fourth-order valence-corrected chi connectivity index (χ4v) is 1.93. The highest BCUT2D eigenvalue weighted by Crippen LogP contribution is 2.19. The third-order valence-corrected chi connectivity index (χ3v) is 3.54. The van der Waals surface area contributed by atoms with Crippen LogP contribution in [0.5, 0.6) is 0 Å². The molecule has 0 bridgehead atoms. The summed E-state index contributed by atoms with van der Waals surface area (Å²) >= 11 is 0. The van der Waals surface area contributed by atoms with Crippen LogP contribution < -0.4 is 5.32 Å². The van der Waals surface area contributed by atoms with Crippen LogP contribution in [0.25, 0.3) is 11.0 Å². The fourth-order valence-electron chi connectivity index (χ4n) is 1.93. The molecule has 0 fully saturated rings. The quantitative estimate of drug-likeness (QED) is 0.869. The molecule has 1 heterocycles. The van der Waals surface area contributed by atoms with Crippen LogP contribution in [0.2, 0.25) is 0 Å². The van der Waals surface area contributed by atoms with E-state index >= 15 is 0 Å². The van der Waals surface area contributed by atoms with E-state index in [1.165, 1.54) is 0 Å². The van der Waals surface area contributed by atoms with E-state index in [1.807, 2.05) is 38.1 Å². The maximum atomic E-state index is 12.0. The number of rotatable bonds is 5. The Kier molecular flexibility index (Phi) is 3.90. The smallest absolute Gasteiger partial charge is 0.287 e. The largest absolute Gasteiger partial charge is 0.451 e. The first-order valence-electron chi connectivity index (χ1n) is 6.57. The third kappa shape index (κ3) is 2.96. The first-order valence-corrected chi connectivity index (χ1v) is 6.57. The first kappa shape index (κ1) is 13.6. The van der Waals surface area contributed by atoms with Gasteiger partial charge in [-0.2, -0.15) is 0 Å². The van der Waals surface area contributed by atoms with Crippen molar-refractivity contribution in [1.29, 1.82) is 0 Å². The van der Waals surface area contributed by atoms with Crippen molar-refractivity contribution in [1.82, 2.24) is 5.32 Å². The van der Waals surface area contributed by atoms with E-state index < -0.39 is 5.60 Å². The summed E-state index contributed by atoms with van der Waals surface area (Å²) in [7, 11) is 0. The average Bonchev–Trinajstić information content (AvgIpc) is 2.88. The standard InChI is InChI=1S/C15H19NO3/c1-3-15(18,4-2)10-16-14(17)13-9-11-7-5-6-8-12(11)19-13/h5-9,18H,3-4,10H2,1-2H3,(H,16,17). The van der Waals surface area contributed by atoms with Crippen molar-refractivity contribution < 1.29 is 14.3 Å². The Morgan fingerprint density at radius 1 is 1.32 bits per heavy atom. The van der Waals surface area contributed by atoms with Gasteiger partial charge in [0.25, 0.3) is 5.91 Å². The molecule has 4 heteroatoms. The van der Waals surface area contributed by atoms with Crippen molar-refractivity contribution in [2.24, 2.45) is 0 Å². The molecule has 1 aromatic carbocycles. The van der Waals surface area contributed by atoms with E-state index in [-0.39, 0.29) is 18.2 Å². The lowest BCUT2D eigenvalue weighted by atomic mass is 9.97. The molecule has 2 N–H and O–H groups in total. The van der Waals surface area contributed by atoms with E-state index in [4.69, 9.17) is 4.42 Å². The van der Waals surface area contributed by atoms with E-state index in [0.717, 1.165) is 5.39 Å². The Labute approximate surface area is 112 Å². The highest BCUT2D eigenvalue weighted by molar-refractivity contribution is 5.96. The molecule has 1 aromatic heterocycles. The van der Waals surface area contributed by atoms with Crippen molar-refractivity contribution in [2.75, 3.05) is 6.54 Å². The lowest BCUT2D eigenvalue weighted by molar-refractivity contribution is 0.0310. The lowest BCUT2D eigenvalue weighted by Gasteiger charge is -2.24. The highest BCUT2D eigenvalue weighted by atomic mass is 16.3. The number of hydrogen-bond acceptors (Lipinski definition) is 3. The number of nitrogens with one attached hydrogen (secondary N) is 1. The molecule has 0 aliphatic heterocycles. The summed E-state index contributed by atoms with van der Waals surface area (Å²) in [6.45, 7) is 4.03. The van der Waals surface area contributed by atoms with Crippen LogP contribution in [0, 0.1) is 0 Å². The SMILES string of the molecule is CCC(O)(CC)CNC(=O)c1cc2ccccc2o1. The minimum Gasteiger partial charge on any atom is -0.451 e. The second kappa shape index (κ2) is 5.45. The zero-order valence-corrected chi connectivity index (χ0v) is 11.3. The molecule has 0 radical (unpaired) electrons. The number of hydrogen-bond donors (Lipinski definition) is 2. The molecule has 2 rings (SSSR count). The van der Waals surface area contributed by atoms with Gasteiger partial charge in [-0.3, -0.25) is 4.79 Å². The molecule has 0 aliphatic carbocycles. The molecule has 0 saturated carbocycles. The van der Waals surface area contributed by atoms with Crippen molar-refractivity contribution in [3.8, 4) is 0 Å². The van der Waals surface area contributed by atoms with Crippen molar-refractivity contribution in [2.45, 2.75) is 32.3 Å². The monoisotopic (exact) mass is 261 g/mol. The molecular weight excluding hydrogens is 242 g/mol. The summed E-state index contributed by atoms with van der Waals surface area (Å²) in [4.78, 5) is 12.0. The van der Waals surface area contributed by atoms with Gasteiger partial charge in [0.05, 0.1) is 5.60 Å². The summed E-state index contributed by atoms with van der Waals surface area (Å²) < 4.78 is 5.47. The third-order valence-electron chi connectivity index (χ3n) is 3.54. The predicted molar refractivity (Wildman–Crippen MR) is 74.1 cm³/mol. The second-order valence-corrected chi connectivity index (χ2v) is 4.76. The number of para-hydroxylation sites is 1. The number of benzene rings is 1. The van der Waals surface area contributed by atoms with Gasteiger partial charge in [0, 0.05) is 11.9 Å². The number of carbonyl (C=O) groups is 1. The van der Waals surface area contributed by atoms with E-state index in [0.29, 0.717) is 18.4 Å². The van der Waals surface area contributed by atoms with Crippen LogP contribution in [0.1, 0.15) is 37.2 Å². The lowest BCUT2D eigenvalue weighted by Crippen LogP contribution is -2.41. The van der Waals surface area contributed by atoms with Gasteiger partial charge >= 0.3 is 0 Å². The maximum Gasteiger partial charge on any atom is 0.287 e. The van der Waals surface area contributed by atoms with Crippen molar-refractivity contribution in [3.05, 3.63) is 36.1 Å². The Morgan fingerprint density at radius 2 is 2.00 bits per heavy atom. The van der Waals surface area contributed by atoms with Crippen molar-refractivity contribution >= 4 is 16.9 Å². The second-order valence-electron chi connectivity index (χ2n) is 4.76. The fraction of sp³-hybridized carbons (Fsp3) is 0.400. The Bertz CT molecular complexity index is 537. The molecule has 102 valence electrons. The first-order chi connectivity index (χ1) is 9.08. The molecule has 1 amide bonds. The molecule has 0 unspecified atom stereocenters.